The molecule has 0 heterocycles. The third-order valence-electron chi connectivity index (χ3n) is 2.76. The molecule has 0 radical (unpaired) electrons. The molecule has 14 heavy (non-hydrogen) atoms. The van der Waals surface area contributed by atoms with E-state index in [9.17, 15) is 4.79 Å². The topological polar surface area (TPSA) is 49.6 Å². The quantitative estimate of drug-likeness (QED) is 0.733. The van der Waals surface area contributed by atoms with Crippen LogP contribution in [-0.2, 0) is 0 Å². The van der Waals surface area contributed by atoms with E-state index in [2.05, 4.69) is 0 Å². The van der Waals surface area contributed by atoms with Crippen LogP contribution < -0.4 is 5.73 Å². The van der Waals surface area contributed by atoms with Crippen LogP contribution in [0, 0.1) is 0 Å². The van der Waals surface area contributed by atoms with Crippen LogP contribution in [0.25, 0.3) is 0 Å². The van der Waals surface area contributed by atoms with Crippen molar-refractivity contribution in [3.63, 3.8) is 0 Å². The molecule has 2 amide bonds. The Hall–Kier alpha value is -0.770. The highest BCUT2D eigenvalue weighted by Crippen LogP contribution is 2.23. The van der Waals surface area contributed by atoms with E-state index in [1.165, 1.54) is 12.8 Å². The van der Waals surface area contributed by atoms with Gasteiger partial charge in [0.1, 0.15) is 0 Å². The fraction of sp³-hybridized carbons (Fsp3) is 0.900. The molecule has 1 aliphatic rings. The average molecular weight is 199 g/mol. The van der Waals surface area contributed by atoms with Crippen LogP contribution in [0.3, 0.4) is 0 Å². The molecule has 2 N–H and O–H groups in total. The van der Waals surface area contributed by atoms with Crippen molar-refractivity contribution >= 4 is 6.03 Å². The first-order valence-electron chi connectivity index (χ1n) is 5.34. The Kier molecular flexibility index (Phi) is 4.20. The molecule has 0 aliphatic heterocycles. The molecule has 0 saturated heterocycles. The van der Waals surface area contributed by atoms with E-state index in [0.717, 1.165) is 12.8 Å². The smallest absolute Gasteiger partial charge is 0.319 e. The number of carbonyl (C=O) groups is 1. The molecule has 0 aromatic rings. The molecule has 0 unspecified atom stereocenters. The predicted octanol–water partition coefficient (Wildman–Crippen LogP) is 0.871. The van der Waals surface area contributed by atoms with Gasteiger partial charge in [-0.2, -0.15) is 0 Å². The molecule has 1 saturated carbocycles. The summed E-state index contributed by atoms with van der Waals surface area (Å²) in [6, 6.07) is 0.524. The molecule has 1 fully saturated rings. The van der Waals surface area contributed by atoms with Crippen LogP contribution in [0.2, 0.25) is 0 Å². The van der Waals surface area contributed by atoms with Crippen molar-refractivity contribution in [3.8, 4) is 0 Å². The zero-order chi connectivity index (χ0) is 10.6. The number of urea groups is 1. The second-order valence-electron chi connectivity index (χ2n) is 4.10. The fourth-order valence-electron chi connectivity index (χ4n) is 2.05. The van der Waals surface area contributed by atoms with Gasteiger partial charge in [0.2, 0.25) is 0 Å². The van der Waals surface area contributed by atoms with Gasteiger partial charge in [0.05, 0.1) is 0 Å². The first-order valence-corrected chi connectivity index (χ1v) is 5.34. The predicted molar refractivity (Wildman–Crippen MR) is 57.1 cm³/mol. The number of nitrogens with zero attached hydrogens (tertiary/aromatic N) is 2. The van der Waals surface area contributed by atoms with E-state index >= 15 is 0 Å². The third-order valence-corrected chi connectivity index (χ3v) is 2.76. The Morgan fingerprint density at radius 1 is 1.36 bits per heavy atom. The Balaban J connectivity index is 2.57. The van der Waals surface area contributed by atoms with Crippen LogP contribution in [0.4, 0.5) is 4.79 Å². The Labute approximate surface area is 86.0 Å². The van der Waals surface area contributed by atoms with Gasteiger partial charge in [-0.3, -0.25) is 0 Å². The summed E-state index contributed by atoms with van der Waals surface area (Å²) in [5.74, 6) is 0. The van der Waals surface area contributed by atoms with Gasteiger partial charge in [-0.1, -0.05) is 12.8 Å². The summed E-state index contributed by atoms with van der Waals surface area (Å²) < 4.78 is 0. The van der Waals surface area contributed by atoms with Crippen molar-refractivity contribution in [1.29, 1.82) is 0 Å². The molecule has 0 aromatic heterocycles. The maximum atomic E-state index is 11.8. The number of amides is 2. The third kappa shape index (κ3) is 2.61. The summed E-state index contributed by atoms with van der Waals surface area (Å²) in [7, 11) is 3.58. The van der Waals surface area contributed by atoms with Gasteiger partial charge < -0.3 is 15.5 Å². The van der Waals surface area contributed by atoms with Crippen LogP contribution in [-0.4, -0.2) is 49.1 Å². The summed E-state index contributed by atoms with van der Waals surface area (Å²) in [5, 5.41) is 0. The molecular weight excluding hydrogens is 178 g/mol. The van der Waals surface area contributed by atoms with Crippen molar-refractivity contribution in [2.45, 2.75) is 31.7 Å². The maximum absolute atomic E-state index is 11.8. The largest absolute Gasteiger partial charge is 0.331 e. The van der Waals surface area contributed by atoms with Gasteiger partial charge in [-0.15, -0.1) is 0 Å². The van der Waals surface area contributed by atoms with E-state index in [0.29, 0.717) is 19.1 Å². The van der Waals surface area contributed by atoms with Crippen molar-refractivity contribution in [2.24, 2.45) is 5.73 Å². The van der Waals surface area contributed by atoms with Gasteiger partial charge in [-0.25, -0.2) is 4.79 Å². The second-order valence-corrected chi connectivity index (χ2v) is 4.10. The molecule has 1 rings (SSSR count). The second kappa shape index (κ2) is 5.20. The van der Waals surface area contributed by atoms with Crippen LogP contribution in [0.15, 0.2) is 0 Å². The summed E-state index contributed by atoms with van der Waals surface area (Å²) >= 11 is 0. The van der Waals surface area contributed by atoms with Crippen LogP contribution in [0.5, 0.6) is 0 Å². The SMILES string of the molecule is CN(C)C(=O)N(CCN)C1CCCC1. The van der Waals surface area contributed by atoms with Crippen molar-refractivity contribution < 1.29 is 4.79 Å². The average Bonchev–Trinajstić information content (AvgIpc) is 2.65. The van der Waals surface area contributed by atoms with Gasteiger partial charge in [0.15, 0.2) is 0 Å². The van der Waals surface area contributed by atoms with Gasteiger partial charge in [0.25, 0.3) is 0 Å². The fourth-order valence-corrected chi connectivity index (χ4v) is 2.05. The van der Waals surface area contributed by atoms with E-state index in [-0.39, 0.29) is 6.03 Å². The van der Waals surface area contributed by atoms with E-state index in [1.807, 2.05) is 4.90 Å². The Morgan fingerprint density at radius 2 is 1.93 bits per heavy atom. The first-order chi connectivity index (χ1) is 6.66. The van der Waals surface area contributed by atoms with Crippen molar-refractivity contribution in [3.05, 3.63) is 0 Å². The summed E-state index contributed by atoms with van der Waals surface area (Å²) in [4.78, 5) is 15.4. The monoisotopic (exact) mass is 199 g/mol. The summed E-state index contributed by atoms with van der Waals surface area (Å²) in [6.45, 7) is 1.23. The van der Waals surface area contributed by atoms with E-state index in [1.54, 1.807) is 19.0 Å². The standard InChI is InChI=1S/C10H21N3O/c1-12(2)10(14)13(8-7-11)9-5-3-4-6-9/h9H,3-8,11H2,1-2H3. The summed E-state index contributed by atoms with van der Waals surface area (Å²) in [5.41, 5.74) is 5.52. The molecule has 0 spiro atoms. The number of nitrogens with two attached hydrogens (primary N) is 1. The van der Waals surface area contributed by atoms with E-state index in [4.69, 9.17) is 5.73 Å². The van der Waals surface area contributed by atoms with Gasteiger partial charge in [-0.05, 0) is 12.8 Å². The zero-order valence-corrected chi connectivity index (χ0v) is 9.20. The molecular formula is C10H21N3O. The highest BCUT2D eigenvalue weighted by Gasteiger charge is 2.26. The Morgan fingerprint density at radius 3 is 2.36 bits per heavy atom. The molecule has 82 valence electrons. The minimum atomic E-state index is 0.0994. The highest BCUT2D eigenvalue weighted by atomic mass is 16.2. The van der Waals surface area contributed by atoms with Crippen molar-refractivity contribution in [2.75, 3.05) is 27.2 Å². The van der Waals surface area contributed by atoms with Crippen molar-refractivity contribution in [1.82, 2.24) is 9.80 Å². The number of rotatable bonds is 3. The first kappa shape index (κ1) is 11.3. The molecule has 4 nitrogen and oxygen atoms in total. The van der Waals surface area contributed by atoms with E-state index < -0.39 is 0 Å². The minimum Gasteiger partial charge on any atom is -0.331 e. The van der Waals surface area contributed by atoms with Crippen LogP contribution in [0.1, 0.15) is 25.7 Å². The van der Waals surface area contributed by atoms with Gasteiger partial charge >= 0.3 is 6.03 Å². The molecule has 0 atom stereocenters. The maximum Gasteiger partial charge on any atom is 0.319 e. The number of carbonyl (C=O) groups excluding carboxylic acids is 1. The van der Waals surface area contributed by atoms with Crippen LogP contribution >= 0.6 is 0 Å². The van der Waals surface area contributed by atoms with Gasteiger partial charge in [0, 0.05) is 33.2 Å². The Bertz CT molecular complexity index is 188. The lowest BCUT2D eigenvalue weighted by molar-refractivity contribution is 0.151. The summed E-state index contributed by atoms with van der Waals surface area (Å²) in [6.07, 6.45) is 4.76. The lowest BCUT2D eigenvalue weighted by Gasteiger charge is -2.31. The molecule has 4 heteroatoms. The number of hydrogen-bond acceptors (Lipinski definition) is 2. The molecule has 0 aromatic carbocycles. The molecule has 1 aliphatic carbocycles. The lowest BCUT2D eigenvalue weighted by atomic mass is 10.2. The number of hydrogen-bond donors (Lipinski definition) is 1. The minimum absolute atomic E-state index is 0.0994. The highest BCUT2D eigenvalue weighted by molar-refractivity contribution is 5.74. The normalized spacial score (nSPS) is 17.1. The zero-order valence-electron chi connectivity index (χ0n) is 9.20. The molecule has 0 bridgehead atoms. The lowest BCUT2D eigenvalue weighted by Crippen LogP contribution is -2.46.